The van der Waals surface area contributed by atoms with E-state index in [9.17, 15) is 4.79 Å². The van der Waals surface area contributed by atoms with Gasteiger partial charge in [-0.05, 0) is 24.6 Å². The highest BCUT2D eigenvalue weighted by atomic mass is 16.5. The van der Waals surface area contributed by atoms with Gasteiger partial charge >= 0.3 is 0 Å². The van der Waals surface area contributed by atoms with E-state index >= 15 is 0 Å². The standard InChI is InChI=1S/C14H25N3O2/c1-4-13(15-5-2)12-6-8-17(10-12)11-14(18)16-7-9-19-3/h6,8,10,13,15H,4-5,7,9,11H2,1-3H3,(H,16,18). The Labute approximate surface area is 115 Å². The van der Waals surface area contributed by atoms with Gasteiger partial charge in [-0.25, -0.2) is 0 Å². The van der Waals surface area contributed by atoms with Crippen molar-refractivity contribution in [3.8, 4) is 0 Å². The summed E-state index contributed by atoms with van der Waals surface area (Å²) in [7, 11) is 1.62. The molecule has 0 aromatic carbocycles. The van der Waals surface area contributed by atoms with Crippen LogP contribution in [0.2, 0.25) is 0 Å². The molecular weight excluding hydrogens is 242 g/mol. The van der Waals surface area contributed by atoms with Crippen molar-refractivity contribution in [1.82, 2.24) is 15.2 Å². The predicted octanol–water partition coefficient (Wildman–Crippen LogP) is 1.31. The number of nitrogens with one attached hydrogen (secondary N) is 2. The molecule has 1 atom stereocenters. The molecule has 108 valence electrons. The Balaban J connectivity index is 2.47. The molecule has 0 aliphatic rings. The van der Waals surface area contributed by atoms with Gasteiger partial charge in [-0.1, -0.05) is 13.8 Å². The van der Waals surface area contributed by atoms with E-state index in [1.54, 1.807) is 7.11 Å². The topological polar surface area (TPSA) is 55.3 Å². The number of carbonyl (C=O) groups is 1. The van der Waals surface area contributed by atoms with Crippen LogP contribution in [0.3, 0.4) is 0 Å². The molecule has 19 heavy (non-hydrogen) atoms. The minimum absolute atomic E-state index is 0.00991. The Morgan fingerprint density at radius 3 is 2.89 bits per heavy atom. The third kappa shape index (κ3) is 5.44. The summed E-state index contributed by atoms with van der Waals surface area (Å²) in [6, 6.07) is 2.43. The number of ether oxygens (including phenoxy) is 1. The molecule has 0 fully saturated rings. The lowest BCUT2D eigenvalue weighted by molar-refractivity contribution is -0.121. The summed E-state index contributed by atoms with van der Waals surface area (Å²) in [5, 5.41) is 6.24. The zero-order valence-electron chi connectivity index (χ0n) is 12.1. The van der Waals surface area contributed by atoms with Crippen LogP contribution >= 0.6 is 0 Å². The first-order chi connectivity index (χ1) is 9.21. The van der Waals surface area contributed by atoms with Gasteiger partial charge in [0.15, 0.2) is 0 Å². The van der Waals surface area contributed by atoms with Crippen LogP contribution in [-0.2, 0) is 16.1 Å². The van der Waals surface area contributed by atoms with E-state index in [0.717, 1.165) is 13.0 Å². The Morgan fingerprint density at radius 2 is 2.26 bits per heavy atom. The summed E-state index contributed by atoms with van der Waals surface area (Å²) in [6.07, 6.45) is 5.02. The van der Waals surface area contributed by atoms with Gasteiger partial charge in [-0.2, -0.15) is 0 Å². The number of nitrogens with zero attached hydrogens (tertiary/aromatic N) is 1. The van der Waals surface area contributed by atoms with E-state index in [0.29, 0.717) is 25.7 Å². The molecule has 0 saturated carbocycles. The van der Waals surface area contributed by atoms with E-state index in [-0.39, 0.29) is 5.91 Å². The van der Waals surface area contributed by atoms with E-state index < -0.39 is 0 Å². The van der Waals surface area contributed by atoms with Crippen LogP contribution in [0.15, 0.2) is 18.5 Å². The molecule has 1 heterocycles. The second kappa shape index (κ2) is 8.72. The third-order valence-electron chi connectivity index (χ3n) is 2.99. The van der Waals surface area contributed by atoms with Gasteiger partial charge in [0.05, 0.1) is 6.61 Å². The molecule has 1 unspecified atom stereocenters. The maximum atomic E-state index is 11.7. The number of hydrogen-bond donors (Lipinski definition) is 2. The molecular formula is C14H25N3O2. The van der Waals surface area contributed by atoms with E-state index in [2.05, 4.69) is 30.5 Å². The first kappa shape index (κ1) is 15.7. The lowest BCUT2D eigenvalue weighted by Crippen LogP contribution is -2.30. The maximum Gasteiger partial charge on any atom is 0.239 e. The molecule has 0 bridgehead atoms. The fraction of sp³-hybridized carbons (Fsp3) is 0.643. The third-order valence-corrected chi connectivity index (χ3v) is 2.99. The van der Waals surface area contributed by atoms with Crippen LogP contribution in [0.25, 0.3) is 0 Å². The Hall–Kier alpha value is -1.33. The molecule has 0 spiro atoms. The molecule has 0 saturated heterocycles. The Bertz CT molecular complexity index is 377. The van der Waals surface area contributed by atoms with Crippen LogP contribution < -0.4 is 10.6 Å². The number of carbonyl (C=O) groups excluding carboxylic acids is 1. The Kier molecular flexibility index (Phi) is 7.22. The molecule has 5 nitrogen and oxygen atoms in total. The van der Waals surface area contributed by atoms with E-state index in [1.165, 1.54) is 5.56 Å². The second-order valence-corrected chi connectivity index (χ2v) is 4.48. The van der Waals surface area contributed by atoms with Gasteiger partial charge in [-0.15, -0.1) is 0 Å². The number of hydrogen-bond acceptors (Lipinski definition) is 3. The van der Waals surface area contributed by atoms with E-state index in [1.807, 2.05) is 17.0 Å². The van der Waals surface area contributed by atoms with Gasteiger partial charge in [0, 0.05) is 32.1 Å². The van der Waals surface area contributed by atoms with Crippen molar-refractivity contribution in [2.75, 3.05) is 26.8 Å². The molecule has 1 aromatic heterocycles. The van der Waals surface area contributed by atoms with Gasteiger partial charge in [0.25, 0.3) is 0 Å². The summed E-state index contributed by atoms with van der Waals surface area (Å²) in [4.78, 5) is 11.7. The first-order valence-corrected chi connectivity index (χ1v) is 6.85. The molecule has 1 amide bonds. The quantitative estimate of drug-likeness (QED) is 0.663. The summed E-state index contributed by atoms with van der Waals surface area (Å²) in [6.45, 7) is 6.65. The maximum absolute atomic E-state index is 11.7. The SMILES string of the molecule is CCNC(CC)c1ccn(CC(=O)NCCOC)c1. The molecule has 2 N–H and O–H groups in total. The van der Waals surface area contributed by atoms with Crippen LogP contribution in [-0.4, -0.2) is 37.3 Å². The van der Waals surface area contributed by atoms with Crippen LogP contribution in [0.4, 0.5) is 0 Å². The van der Waals surface area contributed by atoms with Gasteiger partial charge < -0.3 is 19.9 Å². The van der Waals surface area contributed by atoms with Crippen molar-refractivity contribution >= 4 is 5.91 Å². The highest BCUT2D eigenvalue weighted by Crippen LogP contribution is 2.16. The highest BCUT2D eigenvalue weighted by molar-refractivity contribution is 5.75. The lowest BCUT2D eigenvalue weighted by Gasteiger charge is -2.13. The highest BCUT2D eigenvalue weighted by Gasteiger charge is 2.10. The van der Waals surface area contributed by atoms with Crippen molar-refractivity contribution in [1.29, 1.82) is 0 Å². The average Bonchev–Trinajstić information content (AvgIpc) is 2.84. The summed E-state index contributed by atoms with van der Waals surface area (Å²) in [5.74, 6) is 0.00991. The van der Waals surface area contributed by atoms with Crippen molar-refractivity contribution in [2.24, 2.45) is 0 Å². The smallest absolute Gasteiger partial charge is 0.239 e. The number of amides is 1. The molecule has 5 heteroatoms. The zero-order valence-corrected chi connectivity index (χ0v) is 12.1. The minimum atomic E-state index is 0.00991. The lowest BCUT2D eigenvalue weighted by atomic mass is 10.1. The van der Waals surface area contributed by atoms with E-state index in [4.69, 9.17) is 4.74 Å². The normalized spacial score (nSPS) is 12.4. The molecule has 0 radical (unpaired) electrons. The first-order valence-electron chi connectivity index (χ1n) is 6.85. The fourth-order valence-corrected chi connectivity index (χ4v) is 2.02. The summed E-state index contributed by atoms with van der Waals surface area (Å²) in [5.41, 5.74) is 1.23. The van der Waals surface area contributed by atoms with Gasteiger partial charge in [-0.3, -0.25) is 4.79 Å². The summed E-state index contributed by atoms with van der Waals surface area (Å²) < 4.78 is 6.80. The molecule has 0 aliphatic heterocycles. The minimum Gasteiger partial charge on any atom is -0.383 e. The average molecular weight is 267 g/mol. The molecule has 0 aliphatic carbocycles. The Morgan fingerprint density at radius 1 is 1.47 bits per heavy atom. The van der Waals surface area contributed by atoms with Crippen molar-refractivity contribution in [2.45, 2.75) is 32.9 Å². The van der Waals surface area contributed by atoms with Crippen molar-refractivity contribution in [3.05, 3.63) is 24.0 Å². The van der Waals surface area contributed by atoms with Crippen molar-refractivity contribution < 1.29 is 9.53 Å². The second-order valence-electron chi connectivity index (χ2n) is 4.48. The number of methoxy groups -OCH3 is 1. The van der Waals surface area contributed by atoms with Gasteiger partial charge in [0.2, 0.25) is 5.91 Å². The molecule has 1 aromatic rings. The van der Waals surface area contributed by atoms with Gasteiger partial charge in [0.1, 0.15) is 6.54 Å². The number of aromatic nitrogens is 1. The monoisotopic (exact) mass is 267 g/mol. The fourth-order valence-electron chi connectivity index (χ4n) is 2.02. The van der Waals surface area contributed by atoms with Crippen LogP contribution in [0.1, 0.15) is 31.9 Å². The predicted molar refractivity (Wildman–Crippen MR) is 76.0 cm³/mol. The molecule has 1 rings (SSSR count). The van der Waals surface area contributed by atoms with Crippen LogP contribution in [0, 0.1) is 0 Å². The van der Waals surface area contributed by atoms with Crippen molar-refractivity contribution in [3.63, 3.8) is 0 Å². The summed E-state index contributed by atoms with van der Waals surface area (Å²) >= 11 is 0. The zero-order chi connectivity index (χ0) is 14.1. The largest absolute Gasteiger partial charge is 0.383 e. The van der Waals surface area contributed by atoms with Crippen LogP contribution in [0.5, 0.6) is 0 Å². The number of rotatable bonds is 9.